The number of fused-ring (bicyclic) bond motifs is 1. The molecule has 0 aliphatic carbocycles. The fourth-order valence-electron chi connectivity index (χ4n) is 2.55. The zero-order chi connectivity index (χ0) is 18.1. The molecular formula is C18H15F3N2O2. The molecule has 4 nitrogen and oxygen atoms in total. The van der Waals surface area contributed by atoms with E-state index in [2.05, 4.69) is 4.98 Å². The highest BCUT2D eigenvalue weighted by atomic mass is 19.1. The summed E-state index contributed by atoms with van der Waals surface area (Å²) < 4.78 is 48.2. The Hall–Kier alpha value is -2.83. The van der Waals surface area contributed by atoms with Gasteiger partial charge in [-0.2, -0.15) is 0 Å². The third-order valence-electron chi connectivity index (χ3n) is 3.93. The van der Waals surface area contributed by atoms with Crippen LogP contribution in [0.2, 0.25) is 0 Å². The van der Waals surface area contributed by atoms with E-state index in [-0.39, 0.29) is 34.8 Å². The third kappa shape index (κ3) is 3.09. The highest BCUT2D eigenvalue weighted by molar-refractivity contribution is 5.77. The van der Waals surface area contributed by atoms with Crippen LogP contribution >= 0.6 is 0 Å². The molecule has 0 N–H and O–H groups in total. The van der Waals surface area contributed by atoms with Crippen molar-refractivity contribution in [1.29, 1.82) is 0 Å². The molecule has 0 bridgehead atoms. The zero-order valence-corrected chi connectivity index (χ0v) is 13.6. The van der Waals surface area contributed by atoms with E-state index in [1.54, 1.807) is 6.92 Å². The van der Waals surface area contributed by atoms with Crippen LogP contribution in [0.1, 0.15) is 40.4 Å². The Balaban J connectivity index is 2.07. The number of alkyl halides is 1. The summed E-state index contributed by atoms with van der Waals surface area (Å²) in [7, 11) is 0. The minimum Gasteiger partial charge on any atom is -0.485 e. The maximum atomic E-state index is 13.8. The van der Waals surface area contributed by atoms with Gasteiger partial charge in [-0.1, -0.05) is 6.07 Å². The van der Waals surface area contributed by atoms with Crippen molar-refractivity contribution in [3.05, 3.63) is 64.6 Å². The van der Waals surface area contributed by atoms with E-state index >= 15 is 0 Å². The fraction of sp³-hybridized carbons (Fsp3) is 0.222. The minimum absolute atomic E-state index is 0.140. The fourth-order valence-corrected chi connectivity index (χ4v) is 2.55. The van der Waals surface area contributed by atoms with Crippen molar-refractivity contribution in [2.24, 2.45) is 0 Å². The highest BCUT2D eigenvalue weighted by Gasteiger charge is 2.17. The van der Waals surface area contributed by atoms with Crippen LogP contribution in [0.15, 0.2) is 30.5 Å². The van der Waals surface area contributed by atoms with Crippen molar-refractivity contribution in [1.82, 2.24) is 9.38 Å². The quantitative estimate of drug-likeness (QED) is 0.644. The number of rotatable bonds is 5. The molecule has 0 aliphatic rings. The van der Waals surface area contributed by atoms with E-state index in [1.165, 1.54) is 29.7 Å². The Morgan fingerprint density at radius 1 is 1.32 bits per heavy atom. The lowest BCUT2D eigenvalue weighted by Crippen LogP contribution is -2.04. The third-order valence-corrected chi connectivity index (χ3v) is 3.93. The first-order valence-electron chi connectivity index (χ1n) is 7.60. The number of aldehydes is 1. The van der Waals surface area contributed by atoms with E-state index in [0.717, 1.165) is 12.1 Å². The molecule has 1 aromatic carbocycles. The first-order chi connectivity index (χ1) is 11.9. The summed E-state index contributed by atoms with van der Waals surface area (Å²) in [4.78, 5) is 15.5. The molecule has 0 saturated carbocycles. The van der Waals surface area contributed by atoms with Gasteiger partial charge >= 0.3 is 0 Å². The molecule has 0 radical (unpaired) electrons. The number of benzene rings is 1. The van der Waals surface area contributed by atoms with Crippen molar-refractivity contribution in [2.75, 3.05) is 0 Å². The van der Waals surface area contributed by atoms with Gasteiger partial charge in [-0.15, -0.1) is 0 Å². The van der Waals surface area contributed by atoms with Gasteiger partial charge in [-0.3, -0.25) is 9.20 Å². The number of aryl methyl sites for hydroxylation is 1. The molecule has 1 unspecified atom stereocenters. The lowest BCUT2D eigenvalue weighted by Gasteiger charge is -2.12. The number of nitrogens with zero attached hydrogens (tertiary/aromatic N) is 2. The molecule has 0 aliphatic heterocycles. The molecule has 7 heteroatoms. The summed E-state index contributed by atoms with van der Waals surface area (Å²) in [5.74, 6) is -1.33. The van der Waals surface area contributed by atoms with Gasteiger partial charge < -0.3 is 4.74 Å². The smallest absolute Gasteiger partial charge is 0.180 e. The Morgan fingerprint density at radius 3 is 2.60 bits per heavy atom. The molecule has 0 spiro atoms. The Morgan fingerprint density at radius 2 is 2.00 bits per heavy atom. The van der Waals surface area contributed by atoms with E-state index < -0.39 is 17.8 Å². The van der Waals surface area contributed by atoms with Gasteiger partial charge in [0, 0.05) is 11.8 Å². The van der Waals surface area contributed by atoms with Crippen LogP contribution in [0, 0.1) is 18.6 Å². The van der Waals surface area contributed by atoms with Crippen LogP contribution in [-0.2, 0) is 6.61 Å². The molecule has 130 valence electrons. The summed E-state index contributed by atoms with van der Waals surface area (Å²) >= 11 is 0. The van der Waals surface area contributed by atoms with E-state index in [0.29, 0.717) is 12.0 Å². The van der Waals surface area contributed by atoms with Gasteiger partial charge in [0.15, 0.2) is 17.7 Å². The van der Waals surface area contributed by atoms with E-state index in [4.69, 9.17) is 4.74 Å². The predicted molar refractivity (Wildman–Crippen MR) is 85.5 cm³/mol. The summed E-state index contributed by atoms with van der Waals surface area (Å²) in [6.45, 7) is 2.59. The largest absolute Gasteiger partial charge is 0.485 e. The molecule has 0 fully saturated rings. The zero-order valence-electron chi connectivity index (χ0n) is 13.6. The number of carbonyl (C=O) groups is 1. The molecule has 0 saturated heterocycles. The standard InChI is InChI=1S/C18H15F3N2O2/c1-10(19)12-6-17(18-22-11(2)16(8-24)23(18)7-12)25-9-13-14(20)4-3-5-15(13)21/h3-8,10H,9H2,1-2H3. The van der Waals surface area contributed by atoms with Gasteiger partial charge in [0.2, 0.25) is 0 Å². The molecule has 2 heterocycles. The lowest BCUT2D eigenvalue weighted by atomic mass is 10.2. The lowest BCUT2D eigenvalue weighted by molar-refractivity contribution is 0.111. The average Bonchev–Trinajstić information content (AvgIpc) is 2.89. The van der Waals surface area contributed by atoms with Gasteiger partial charge in [0.05, 0.1) is 11.3 Å². The van der Waals surface area contributed by atoms with Gasteiger partial charge in [-0.05, 0) is 32.0 Å². The monoisotopic (exact) mass is 348 g/mol. The molecule has 3 aromatic rings. The Bertz CT molecular complexity index is 931. The molecule has 25 heavy (non-hydrogen) atoms. The summed E-state index contributed by atoms with van der Waals surface area (Å²) in [5.41, 5.74) is 1.01. The second kappa shape index (κ2) is 6.58. The highest BCUT2D eigenvalue weighted by Crippen LogP contribution is 2.29. The molecule has 3 rings (SSSR count). The maximum absolute atomic E-state index is 13.8. The van der Waals surface area contributed by atoms with Crippen molar-refractivity contribution in [3.8, 4) is 5.75 Å². The second-order valence-electron chi connectivity index (χ2n) is 5.64. The van der Waals surface area contributed by atoms with Crippen molar-refractivity contribution >= 4 is 11.9 Å². The number of halogens is 3. The minimum atomic E-state index is -1.32. The number of imidazole rings is 1. The van der Waals surface area contributed by atoms with Crippen LogP contribution in [0.4, 0.5) is 13.2 Å². The number of ether oxygens (including phenoxy) is 1. The molecular weight excluding hydrogens is 333 g/mol. The van der Waals surface area contributed by atoms with Crippen LogP contribution in [0.3, 0.4) is 0 Å². The summed E-state index contributed by atoms with van der Waals surface area (Å²) in [5, 5.41) is 0. The first-order valence-corrected chi connectivity index (χ1v) is 7.60. The number of hydrogen-bond donors (Lipinski definition) is 0. The Kier molecular flexibility index (Phi) is 4.48. The van der Waals surface area contributed by atoms with Crippen molar-refractivity contribution in [3.63, 3.8) is 0 Å². The molecule has 0 amide bonds. The molecule has 2 aromatic heterocycles. The van der Waals surface area contributed by atoms with Crippen LogP contribution in [0.25, 0.3) is 5.65 Å². The number of hydrogen-bond acceptors (Lipinski definition) is 3. The van der Waals surface area contributed by atoms with E-state index in [1.807, 2.05) is 0 Å². The van der Waals surface area contributed by atoms with Gasteiger partial charge in [0.1, 0.15) is 30.1 Å². The Labute approximate surface area is 141 Å². The SMILES string of the molecule is Cc1nc2c(OCc3c(F)cccc3F)cc(C(C)F)cn2c1C=O. The maximum Gasteiger partial charge on any atom is 0.180 e. The molecule has 1 atom stereocenters. The van der Waals surface area contributed by atoms with Crippen LogP contribution < -0.4 is 4.74 Å². The van der Waals surface area contributed by atoms with E-state index in [9.17, 15) is 18.0 Å². The second-order valence-corrected chi connectivity index (χ2v) is 5.64. The van der Waals surface area contributed by atoms with Crippen LogP contribution in [-0.4, -0.2) is 15.7 Å². The van der Waals surface area contributed by atoms with Gasteiger partial charge in [0.25, 0.3) is 0 Å². The van der Waals surface area contributed by atoms with Crippen LogP contribution in [0.5, 0.6) is 5.75 Å². The van der Waals surface area contributed by atoms with Gasteiger partial charge in [-0.25, -0.2) is 18.2 Å². The normalized spacial score (nSPS) is 12.4. The predicted octanol–water partition coefficient (Wildman–Crippen LogP) is 4.34. The topological polar surface area (TPSA) is 43.6 Å². The summed E-state index contributed by atoms with van der Waals surface area (Å²) in [6.07, 6.45) is 0.752. The van der Waals surface area contributed by atoms with Crippen molar-refractivity contribution < 1.29 is 22.7 Å². The summed E-state index contributed by atoms with van der Waals surface area (Å²) in [6, 6.07) is 4.93. The number of aromatic nitrogens is 2. The first kappa shape index (κ1) is 17.0. The number of pyridine rings is 1. The van der Waals surface area contributed by atoms with Crippen molar-refractivity contribution in [2.45, 2.75) is 26.6 Å². The average molecular weight is 348 g/mol. The number of carbonyl (C=O) groups excluding carboxylic acids is 1.